The van der Waals surface area contributed by atoms with Crippen molar-refractivity contribution in [1.29, 1.82) is 0 Å². The first kappa shape index (κ1) is 11.3. The third-order valence-electron chi connectivity index (χ3n) is 2.37. The van der Waals surface area contributed by atoms with E-state index in [0.717, 1.165) is 17.0 Å². The molecular formula is C12H15N3O2. The molecule has 0 saturated carbocycles. The first-order valence-electron chi connectivity index (χ1n) is 5.36. The molecule has 5 heteroatoms. The van der Waals surface area contributed by atoms with Crippen molar-refractivity contribution >= 4 is 5.82 Å². The fraction of sp³-hybridized carbons (Fsp3) is 0.250. The molecule has 0 radical (unpaired) electrons. The SMILES string of the molecule is CCOc1ccc(-c2cc(N)n[nH]2)cc1OC. The number of hydrogen-bond acceptors (Lipinski definition) is 4. The van der Waals surface area contributed by atoms with Crippen LogP contribution in [0.5, 0.6) is 11.5 Å². The van der Waals surface area contributed by atoms with E-state index in [1.54, 1.807) is 13.2 Å². The van der Waals surface area contributed by atoms with Crippen LogP contribution < -0.4 is 15.2 Å². The number of ether oxygens (including phenoxy) is 2. The highest BCUT2D eigenvalue weighted by Gasteiger charge is 2.08. The zero-order valence-electron chi connectivity index (χ0n) is 9.86. The summed E-state index contributed by atoms with van der Waals surface area (Å²) in [6.45, 7) is 2.54. The Hall–Kier alpha value is -2.17. The Morgan fingerprint density at radius 1 is 1.29 bits per heavy atom. The Balaban J connectivity index is 2.37. The summed E-state index contributed by atoms with van der Waals surface area (Å²) in [4.78, 5) is 0. The molecule has 17 heavy (non-hydrogen) atoms. The molecule has 0 fully saturated rings. The van der Waals surface area contributed by atoms with Crippen molar-refractivity contribution in [3.8, 4) is 22.8 Å². The molecule has 2 aromatic rings. The van der Waals surface area contributed by atoms with Gasteiger partial charge in [-0.1, -0.05) is 0 Å². The lowest BCUT2D eigenvalue weighted by Gasteiger charge is -2.10. The van der Waals surface area contributed by atoms with E-state index in [1.165, 1.54) is 0 Å². The lowest BCUT2D eigenvalue weighted by atomic mass is 10.1. The van der Waals surface area contributed by atoms with Gasteiger partial charge in [0.2, 0.25) is 0 Å². The molecule has 2 rings (SSSR count). The van der Waals surface area contributed by atoms with Crippen molar-refractivity contribution in [2.24, 2.45) is 0 Å². The zero-order valence-corrected chi connectivity index (χ0v) is 9.86. The molecule has 90 valence electrons. The second-order valence-electron chi connectivity index (χ2n) is 3.51. The minimum absolute atomic E-state index is 0.466. The van der Waals surface area contributed by atoms with Crippen molar-refractivity contribution in [1.82, 2.24) is 10.2 Å². The largest absolute Gasteiger partial charge is 0.493 e. The van der Waals surface area contributed by atoms with E-state index < -0.39 is 0 Å². The molecule has 1 heterocycles. The number of H-pyrrole nitrogens is 1. The number of aromatic nitrogens is 2. The van der Waals surface area contributed by atoms with Crippen LogP contribution in [-0.2, 0) is 0 Å². The smallest absolute Gasteiger partial charge is 0.161 e. The molecule has 0 aliphatic carbocycles. The maximum atomic E-state index is 5.57. The van der Waals surface area contributed by atoms with Gasteiger partial charge in [0.15, 0.2) is 11.5 Å². The van der Waals surface area contributed by atoms with Gasteiger partial charge >= 0.3 is 0 Å². The third-order valence-corrected chi connectivity index (χ3v) is 2.37. The van der Waals surface area contributed by atoms with Gasteiger partial charge in [-0.05, 0) is 25.1 Å². The standard InChI is InChI=1S/C12H15N3O2/c1-3-17-10-5-4-8(6-11(10)16-2)9-7-12(13)15-14-9/h4-7H,3H2,1-2H3,(H3,13,14,15). The minimum atomic E-state index is 0.466. The van der Waals surface area contributed by atoms with Gasteiger partial charge in [0, 0.05) is 11.6 Å². The van der Waals surface area contributed by atoms with E-state index in [1.807, 2.05) is 25.1 Å². The minimum Gasteiger partial charge on any atom is -0.493 e. The highest BCUT2D eigenvalue weighted by molar-refractivity contribution is 5.65. The molecule has 0 saturated heterocycles. The van der Waals surface area contributed by atoms with Crippen molar-refractivity contribution in [3.05, 3.63) is 24.3 Å². The van der Waals surface area contributed by atoms with Gasteiger partial charge in [-0.2, -0.15) is 5.10 Å². The van der Waals surface area contributed by atoms with E-state index in [2.05, 4.69) is 10.2 Å². The number of nitrogens with one attached hydrogen (secondary N) is 1. The molecule has 1 aromatic carbocycles. The second-order valence-corrected chi connectivity index (χ2v) is 3.51. The number of nitrogens with zero attached hydrogens (tertiary/aromatic N) is 1. The summed E-state index contributed by atoms with van der Waals surface area (Å²) in [5.74, 6) is 1.89. The van der Waals surface area contributed by atoms with Gasteiger partial charge in [0.05, 0.1) is 19.4 Å². The molecule has 5 nitrogen and oxygen atoms in total. The average molecular weight is 233 g/mol. The van der Waals surface area contributed by atoms with Crippen LogP contribution in [0, 0.1) is 0 Å². The van der Waals surface area contributed by atoms with E-state index in [4.69, 9.17) is 15.2 Å². The molecule has 1 aromatic heterocycles. The van der Waals surface area contributed by atoms with Gasteiger partial charge in [0.1, 0.15) is 5.82 Å². The molecule has 0 unspecified atom stereocenters. The monoisotopic (exact) mass is 233 g/mol. The first-order chi connectivity index (χ1) is 8.24. The van der Waals surface area contributed by atoms with Crippen molar-refractivity contribution in [2.45, 2.75) is 6.92 Å². The highest BCUT2D eigenvalue weighted by atomic mass is 16.5. The maximum Gasteiger partial charge on any atom is 0.161 e. The zero-order chi connectivity index (χ0) is 12.3. The summed E-state index contributed by atoms with van der Waals surface area (Å²) < 4.78 is 10.7. The predicted molar refractivity (Wildman–Crippen MR) is 66.2 cm³/mol. The second kappa shape index (κ2) is 4.78. The Bertz CT molecular complexity index is 508. The molecule has 0 bridgehead atoms. The molecular weight excluding hydrogens is 218 g/mol. The molecule has 0 atom stereocenters. The lowest BCUT2D eigenvalue weighted by Crippen LogP contribution is -1.95. The van der Waals surface area contributed by atoms with Gasteiger partial charge in [-0.25, -0.2) is 0 Å². The summed E-state index contributed by atoms with van der Waals surface area (Å²) >= 11 is 0. The van der Waals surface area contributed by atoms with E-state index in [9.17, 15) is 0 Å². The number of nitrogens with two attached hydrogens (primary N) is 1. The van der Waals surface area contributed by atoms with E-state index >= 15 is 0 Å². The molecule has 0 aliphatic rings. The first-order valence-corrected chi connectivity index (χ1v) is 5.36. The molecule has 3 N–H and O–H groups in total. The Labute approximate surface area is 99.5 Å². The molecule has 0 aliphatic heterocycles. The summed E-state index contributed by atoms with van der Waals surface area (Å²) in [6, 6.07) is 7.46. The fourth-order valence-electron chi connectivity index (χ4n) is 1.59. The van der Waals surface area contributed by atoms with Gasteiger partial charge in [-0.3, -0.25) is 5.10 Å². The summed E-state index contributed by atoms with van der Waals surface area (Å²) in [5, 5.41) is 6.74. The highest BCUT2D eigenvalue weighted by Crippen LogP contribution is 2.32. The third kappa shape index (κ3) is 2.33. The van der Waals surface area contributed by atoms with Crippen LogP contribution in [0.3, 0.4) is 0 Å². The number of hydrogen-bond donors (Lipinski definition) is 2. The number of nitrogen functional groups attached to an aromatic ring is 1. The van der Waals surface area contributed by atoms with Crippen molar-refractivity contribution in [3.63, 3.8) is 0 Å². The normalized spacial score (nSPS) is 10.2. The Kier molecular flexibility index (Phi) is 3.18. The summed E-state index contributed by atoms with van der Waals surface area (Å²) in [7, 11) is 1.61. The van der Waals surface area contributed by atoms with Crippen LogP contribution in [0.1, 0.15) is 6.92 Å². The quantitative estimate of drug-likeness (QED) is 0.847. The summed E-state index contributed by atoms with van der Waals surface area (Å²) in [6.07, 6.45) is 0. The van der Waals surface area contributed by atoms with Gasteiger partial charge in [-0.15, -0.1) is 0 Å². The molecule has 0 spiro atoms. The average Bonchev–Trinajstić information content (AvgIpc) is 2.77. The maximum absolute atomic E-state index is 5.57. The Morgan fingerprint density at radius 3 is 2.71 bits per heavy atom. The van der Waals surface area contributed by atoms with Crippen LogP contribution in [0.25, 0.3) is 11.3 Å². The van der Waals surface area contributed by atoms with Crippen LogP contribution in [0.2, 0.25) is 0 Å². The summed E-state index contributed by atoms with van der Waals surface area (Å²) in [5.41, 5.74) is 7.37. The predicted octanol–water partition coefficient (Wildman–Crippen LogP) is 2.07. The van der Waals surface area contributed by atoms with Crippen molar-refractivity contribution in [2.75, 3.05) is 19.5 Å². The Morgan fingerprint density at radius 2 is 2.12 bits per heavy atom. The van der Waals surface area contributed by atoms with Gasteiger partial charge < -0.3 is 15.2 Å². The van der Waals surface area contributed by atoms with Crippen LogP contribution >= 0.6 is 0 Å². The van der Waals surface area contributed by atoms with Crippen molar-refractivity contribution < 1.29 is 9.47 Å². The molecule has 0 amide bonds. The number of anilines is 1. The number of aromatic amines is 1. The number of rotatable bonds is 4. The van der Waals surface area contributed by atoms with Crippen LogP contribution in [-0.4, -0.2) is 23.9 Å². The van der Waals surface area contributed by atoms with E-state index in [0.29, 0.717) is 18.2 Å². The number of benzene rings is 1. The van der Waals surface area contributed by atoms with E-state index in [-0.39, 0.29) is 0 Å². The van der Waals surface area contributed by atoms with Gasteiger partial charge in [0.25, 0.3) is 0 Å². The number of methoxy groups -OCH3 is 1. The van der Waals surface area contributed by atoms with Crippen LogP contribution in [0.4, 0.5) is 5.82 Å². The topological polar surface area (TPSA) is 73.2 Å². The fourth-order valence-corrected chi connectivity index (χ4v) is 1.59. The lowest BCUT2D eigenvalue weighted by molar-refractivity contribution is 0.311. The van der Waals surface area contributed by atoms with Crippen LogP contribution in [0.15, 0.2) is 24.3 Å².